The molecule has 3 atom stereocenters. The van der Waals surface area contributed by atoms with E-state index in [1.807, 2.05) is 27.7 Å². The van der Waals surface area contributed by atoms with Gasteiger partial charge in [-0.25, -0.2) is 0 Å². The minimum absolute atomic E-state index is 0.0226. The van der Waals surface area contributed by atoms with Gasteiger partial charge in [0.1, 0.15) is 0 Å². The first-order chi connectivity index (χ1) is 5.86. The molecule has 0 spiro atoms. The number of rotatable bonds is 5. The number of hydrogen-bond acceptors (Lipinski definition) is 3. The molecule has 0 aromatic carbocycles. The van der Waals surface area contributed by atoms with E-state index >= 15 is 0 Å². The Morgan fingerprint density at radius 3 is 1.54 bits per heavy atom. The summed E-state index contributed by atoms with van der Waals surface area (Å²) in [5.74, 6) is 0.142. The van der Waals surface area contributed by atoms with E-state index in [2.05, 4.69) is 0 Å². The van der Waals surface area contributed by atoms with Crippen LogP contribution in [0.5, 0.6) is 0 Å². The van der Waals surface area contributed by atoms with E-state index in [1.54, 1.807) is 0 Å². The standard InChI is InChI=1S/C10H22O3/c1-6(2)8(11)5-9(12)10(13)7(3)4/h6-13H,5H2,1-4H3/t8-,9+,10+/m1/s1. The highest BCUT2D eigenvalue weighted by Crippen LogP contribution is 2.14. The van der Waals surface area contributed by atoms with Crippen molar-refractivity contribution in [2.45, 2.75) is 52.4 Å². The smallest absolute Gasteiger partial charge is 0.0826 e. The first-order valence-electron chi connectivity index (χ1n) is 4.90. The molecule has 0 saturated carbocycles. The fraction of sp³-hybridized carbons (Fsp3) is 1.00. The zero-order chi connectivity index (χ0) is 10.6. The van der Waals surface area contributed by atoms with E-state index in [4.69, 9.17) is 0 Å². The van der Waals surface area contributed by atoms with Gasteiger partial charge in [0.2, 0.25) is 0 Å². The van der Waals surface area contributed by atoms with Gasteiger partial charge >= 0.3 is 0 Å². The molecule has 0 aliphatic heterocycles. The largest absolute Gasteiger partial charge is 0.393 e. The molecule has 3 N–H and O–H groups in total. The molecule has 0 fully saturated rings. The molecule has 0 aromatic rings. The lowest BCUT2D eigenvalue weighted by Crippen LogP contribution is -2.35. The summed E-state index contributed by atoms with van der Waals surface area (Å²) in [6.07, 6.45) is -1.86. The molecule has 0 heterocycles. The lowest BCUT2D eigenvalue weighted by atomic mass is 9.94. The van der Waals surface area contributed by atoms with E-state index in [0.717, 1.165) is 0 Å². The number of hydrogen-bond donors (Lipinski definition) is 3. The SMILES string of the molecule is CC(C)[C@H](O)C[C@H](O)[C@@H](O)C(C)C. The van der Waals surface area contributed by atoms with Gasteiger partial charge in [0.25, 0.3) is 0 Å². The fourth-order valence-corrected chi connectivity index (χ4v) is 1.10. The van der Waals surface area contributed by atoms with Crippen molar-refractivity contribution < 1.29 is 15.3 Å². The Labute approximate surface area is 80.4 Å². The fourth-order valence-electron chi connectivity index (χ4n) is 1.10. The molecule has 0 rings (SSSR count). The monoisotopic (exact) mass is 190 g/mol. The van der Waals surface area contributed by atoms with Crippen molar-refractivity contribution >= 4 is 0 Å². The van der Waals surface area contributed by atoms with Gasteiger partial charge in [-0.05, 0) is 11.8 Å². The lowest BCUT2D eigenvalue weighted by molar-refractivity contribution is -0.0401. The molecule has 0 unspecified atom stereocenters. The minimum atomic E-state index is -0.822. The van der Waals surface area contributed by atoms with Crippen LogP contribution in [0.1, 0.15) is 34.1 Å². The molecule has 3 nitrogen and oxygen atoms in total. The average Bonchev–Trinajstić information content (AvgIpc) is 2.02. The molecule has 13 heavy (non-hydrogen) atoms. The van der Waals surface area contributed by atoms with Gasteiger partial charge in [0.05, 0.1) is 18.3 Å². The molecule has 3 heteroatoms. The van der Waals surface area contributed by atoms with Crippen molar-refractivity contribution in [1.29, 1.82) is 0 Å². The van der Waals surface area contributed by atoms with Crippen LogP contribution in [-0.2, 0) is 0 Å². The van der Waals surface area contributed by atoms with Gasteiger partial charge in [-0.2, -0.15) is 0 Å². The summed E-state index contributed by atoms with van der Waals surface area (Å²) in [5.41, 5.74) is 0. The molecule has 0 aliphatic carbocycles. The normalized spacial score (nSPS) is 19.2. The molecule has 0 aromatic heterocycles. The van der Waals surface area contributed by atoms with Crippen LogP contribution in [0.15, 0.2) is 0 Å². The van der Waals surface area contributed by atoms with Crippen molar-refractivity contribution in [2.24, 2.45) is 11.8 Å². The number of aliphatic hydroxyl groups is 3. The maximum atomic E-state index is 9.50. The molecule has 0 aliphatic rings. The van der Waals surface area contributed by atoms with E-state index in [-0.39, 0.29) is 18.3 Å². The minimum Gasteiger partial charge on any atom is -0.393 e. The Balaban J connectivity index is 3.92. The second-order valence-corrected chi connectivity index (χ2v) is 4.35. The predicted octanol–water partition coefficient (Wildman–Crippen LogP) is 0.771. The maximum Gasteiger partial charge on any atom is 0.0826 e. The predicted molar refractivity (Wildman–Crippen MR) is 52.3 cm³/mol. The molecular weight excluding hydrogens is 168 g/mol. The van der Waals surface area contributed by atoms with Gasteiger partial charge in [-0.1, -0.05) is 27.7 Å². The Hall–Kier alpha value is -0.120. The summed E-state index contributed by atoms with van der Waals surface area (Å²) in [4.78, 5) is 0. The topological polar surface area (TPSA) is 60.7 Å². The van der Waals surface area contributed by atoms with Gasteiger partial charge in [0, 0.05) is 6.42 Å². The molecule has 0 bridgehead atoms. The summed E-state index contributed by atoms with van der Waals surface area (Å²) in [6, 6.07) is 0. The average molecular weight is 190 g/mol. The molecule has 80 valence electrons. The molecular formula is C10H22O3. The van der Waals surface area contributed by atoms with Crippen LogP contribution >= 0.6 is 0 Å². The summed E-state index contributed by atoms with van der Waals surface area (Å²) in [5, 5.41) is 28.4. The molecule has 0 saturated heterocycles. The van der Waals surface area contributed by atoms with Crippen LogP contribution in [0.25, 0.3) is 0 Å². The van der Waals surface area contributed by atoms with Crippen LogP contribution in [0.4, 0.5) is 0 Å². The summed E-state index contributed by atoms with van der Waals surface area (Å²) < 4.78 is 0. The van der Waals surface area contributed by atoms with Crippen LogP contribution in [0.3, 0.4) is 0 Å². The number of aliphatic hydroxyl groups excluding tert-OH is 3. The third-order valence-electron chi connectivity index (χ3n) is 2.33. The van der Waals surface area contributed by atoms with E-state index in [9.17, 15) is 15.3 Å². The van der Waals surface area contributed by atoms with Gasteiger partial charge in [-0.15, -0.1) is 0 Å². The van der Waals surface area contributed by atoms with E-state index in [0.29, 0.717) is 0 Å². The van der Waals surface area contributed by atoms with Crippen LogP contribution < -0.4 is 0 Å². The van der Waals surface area contributed by atoms with Crippen molar-refractivity contribution in [3.8, 4) is 0 Å². The lowest BCUT2D eigenvalue weighted by Gasteiger charge is -2.24. The summed E-state index contributed by atoms with van der Waals surface area (Å²) in [6.45, 7) is 7.46. The van der Waals surface area contributed by atoms with Gasteiger partial charge in [-0.3, -0.25) is 0 Å². The van der Waals surface area contributed by atoms with Crippen molar-refractivity contribution in [2.75, 3.05) is 0 Å². The molecule has 0 radical (unpaired) electrons. The second kappa shape index (κ2) is 5.58. The van der Waals surface area contributed by atoms with Gasteiger partial charge < -0.3 is 15.3 Å². The highest BCUT2D eigenvalue weighted by atomic mass is 16.3. The second-order valence-electron chi connectivity index (χ2n) is 4.35. The van der Waals surface area contributed by atoms with Gasteiger partial charge in [0.15, 0.2) is 0 Å². The highest BCUT2D eigenvalue weighted by Gasteiger charge is 2.23. The van der Waals surface area contributed by atoms with Crippen LogP contribution in [0, 0.1) is 11.8 Å². The molecule has 0 amide bonds. The van der Waals surface area contributed by atoms with Crippen molar-refractivity contribution in [3.63, 3.8) is 0 Å². The van der Waals surface area contributed by atoms with Crippen molar-refractivity contribution in [1.82, 2.24) is 0 Å². The summed E-state index contributed by atoms with van der Waals surface area (Å²) in [7, 11) is 0. The maximum absolute atomic E-state index is 9.50. The third-order valence-corrected chi connectivity index (χ3v) is 2.33. The Bertz CT molecular complexity index is 134. The first-order valence-corrected chi connectivity index (χ1v) is 4.90. The van der Waals surface area contributed by atoms with E-state index in [1.165, 1.54) is 0 Å². The van der Waals surface area contributed by atoms with Crippen LogP contribution in [-0.4, -0.2) is 33.6 Å². The zero-order valence-corrected chi connectivity index (χ0v) is 8.94. The first kappa shape index (κ1) is 12.9. The Kier molecular flexibility index (Phi) is 5.53. The Morgan fingerprint density at radius 1 is 0.769 bits per heavy atom. The van der Waals surface area contributed by atoms with E-state index < -0.39 is 18.3 Å². The third kappa shape index (κ3) is 4.60. The van der Waals surface area contributed by atoms with Crippen molar-refractivity contribution in [3.05, 3.63) is 0 Å². The highest BCUT2D eigenvalue weighted by molar-refractivity contribution is 4.74. The Morgan fingerprint density at radius 2 is 1.23 bits per heavy atom. The van der Waals surface area contributed by atoms with Crippen LogP contribution in [0.2, 0.25) is 0 Å². The zero-order valence-electron chi connectivity index (χ0n) is 8.94. The quantitative estimate of drug-likeness (QED) is 0.600. The summed E-state index contributed by atoms with van der Waals surface area (Å²) >= 11 is 0.